The molecule has 246 valence electrons. The Balaban J connectivity index is 1.22. The van der Waals surface area contributed by atoms with Crippen molar-refractivity contribution in [2.24, 2.45) is 11.8 Å². The van der Waals surface area contributed by atoms with E-state index in [9.17, 15) is 22.8 Å². The molecule has 0 spiro atoms. The second kappa shape index (κ2) is 14.5. The normalized spacial score (nSPS) is 23.3. The second-order valence-electron chi connectivity index (χ2n) is 13.1. The van der Waals surface area contributed by atoms with Gasteiger partial charge in [0.05, 0.1) is 11.3 Å². The van der Waals surface area contributed by atoms with Gasteiger partial charge >= 0.3 is 6.18 Å². The van der Waals surface area contributed by atoms with Crippen LogP contribution < -0.4 is 10.6 Å². The zero-order valence-electron chi connectivity index (χ0n) is 26.6. The van der Waals surface area contributed by atoms with Crippen LogP contribution >= 0.6 is 0 Å². The van der Waals surface area contributed by atoms with Crippen LogP contribution in [-0.4, -0.2) is 95.9 Å². The van der Waals surface area contributed by atoms with Crippen molar-refractivity contribution in [1.29, 1.82) is 0 Å². The Labute approximate surface area is 264 Å². The molecule has 1 saturated carbocycles. The standard InChI is InChI=1S/C33H46F3N7O2/c1-41-18-14-26(15-19-41)43(3)31(45)22-9-11-24(12-10-22)39-32-38-21-28(33(34,35)36)29(40-32)20-23-6-4-8-27(23)30(44)37-16-13-25-7-5-17-42(25)2/h9-12,21,23,25-27H,4-8,13-20H2,1-3H3,(H,37,44)(H,38,39,40)/t23-,25?,27-/m0/s1. The number of amides is 2. The number of nitrogens with zero attached hydrogens (tertiary/aromatic N) is 5. The highest BCUT2D eigenvalue weighted by molar-refractivity contribution is 5.94. The molecular weight excluding hydrogens is 583 g/mol. The van der Waals surface area contributed by atoms with E-state index in [1.54, 1.807) is 29.2 Å². The zero-order chi connectivity index (χ0) is 32.1. The van der Waals surface area contributed by atoms with Gasteiger partial charge < -0.3 is 25.3 Å². The molecule has 2 amide bonds. The first-order valence-electron chi connectivity index (χ1n) is 16.2. The highest BCUT2D eigenvalue weighted by Crippen LogP contribution is 2.38. The molecule has 0 radical (unpaired) electrons. The van der Waals surface area contributed by atoms with Crippen molar-refractivity contribution in [1.82, 2.24) is 30.0 Å². The molecule has 3 atom stereocenters. The van der Waals surface area contributed by atoms with Crippen LogP contribution in [0.4, 0.5) is 24.8 Å². The third kappa shape index (κ3) is 8.32. The fourth-order valence-corrected chi connectivity index (χ4v) is 7.16. The number of piperidine rings is 1. The quantitative estimate of drug-likeness (QED) is 0.384. The first-order chi connectivity index (χ1) is 21.5. The number of aromatic nitrogens is 2. The Morgan fingerprint density at radius 1 is 1.00 bits per heavy atom. The maximum atomic E-state index is 14.0. The van der Waals surface area contributed by atoms with Gasteiger partial charge in [0, 0.05) is 49.0 Å². The molecule has 3 aliphatic rings. The van der Waals surface area contributed by atoms with Crippen LogP contribution in [0, 0.1) is 11.8 Å². The maximum absolute atomic E-state index is 14.0. The van der Waals surface area contributed by atoms with Crippen molar-refractivity contribution in [2.75, 3.05) is 52.6 Å². The number of benzene rings is 1. The molecule has 3 heterocycles. The molecule has 2 N–H and O–H groups in total. The summed E-state index contributed by atoms with van der Waals surface area (Å²) in [7, 11) is 6.01. The largest absolute Gasteiger partial charge is 0.419 e. The number of rotatable bonds is 10. The summed E-state index contributed by atoms with van der Waals surface area (Å²) >= 11 is 0. The van der Waals surface area contributed by atoms with Gasteiger partial charge in [-0.1, -0.05) is 6.42 Å². The summed E-state index contributed by atoms with van der Waals surface area (Å²) in [5.74, 6) is -0.660. The van der Waals surface area contributed by atoms with E-state index < -0.39 is 11.7 Å². The van der Waals surface area contributed by atoms with Crippen LogP contribution in [-0.2, 0) is 17.4 Å². The lowest BCUT2D eigenvalue weighted by molar-refractivity contribution is -0.138. The average molecular weight is 630 g/mol. The van der Waals surface area contributed by atoms with Crippen LogP contribution in [0.5, 0.6) is 0 Å². The number of halogens is 3. The Bertz CT molecular complexity index is 1310. The van der Waals surface area contributed by atoms with E-state index in [2.05, 4.69) is 44.5 Å². The summed E-state index contributed by atoms with van der Waals surface area (Å²) in [6.07, 6.45) is 3.41. The van der Waals surface area contributed by atoms with Crippen molar-refractivity contribution in [3.8, 4) is 0 Å². The summed E-state index contributed by atoms with van der Waals surface area (Å²) in [6.45, 7) is 3.55. The Kier molecular flexibility index (Phi) is 10.6. The predicted octanol–water partition coefficient (Wildman–Crippen LogP) is 4.96. The fourth-order valence-electron chi connectivity index (χ4n) is 7.16. The van der Waals surface area contributed by atoms with Gasteiger partial charge in [0.2, 0.25) is 11.9 Å². The van der Waals surface area contributed by atoms with Crippen LogP contribution in [0.15, 0.2) is 30.5 Å². The minimum atomic E-state index is -4.61. The minimum Gasteiger partial charge on any atom is -0.356 e. The van der Waals surface area contributed by atoms with Gasteiger partial charge in [-0.05, 0) is 115 Å². The molecular formula is C33H46F3N7O2. The zero-order valence-corrected chi connectivity index (χ0v) is 26.6. The minimum absolute atomic E-state index is 0.0419. The molecule has 5 rings (SSSR count). The highest BCUT2D eigenvalue weighted by atomic mass is 19.4. The Morgan fingerprint density at radius 2 is 1.73 bits per heavy atom. The lowest BCUT2D eigenvalue weighted by Gasteiger charge is -2.35. The van der Waals surface area contributed by atoms with E-state index in [4.69, 9.17) is 0 Å². The number of carbonyl (C=O) groups is 2. The lowest BCUT2D eigenvalue weighted by atomic mass is 9.89. The molecule has 2 saturated heterocycles. The third-order valence-corrected chi connectivity index (χ3v) is 10.0. The number of hydrogen-bond donors (Lipinski definition) is 2. The predicted molar refractivity (Wildman–Crippen MR) is 167 cm³/mol. The summed E-state index contributed by atoms with van der Waals surface area (Å²) in [4.78, 5) is 40.8. The third-order valence-electron chi connectivity index (χ3n) is 10.0. The smallest absolute Gasteiger partial charge is 0.356 e. The number of likely N-dealkylation sites (tertiary alicyclic amines) is 2. The molecule has 12 heteroatoms. The summed E-state index contributed by atoms with van der Waals surface area (Å²) in [5.41, 5.74) is 0.118. The number of carbonyl (C=O) groups excluding carboxylic acids is 2. The molecule has 2 aromatic rings. The first-order valence-corrected chi connectivity index (χ1v) is 16.2. The van der Waals surface area contributed by atoms with Crippen LogP contribution in [0.25, 0.3) is 0 Å². The molecule has 45 heavy (non-hydrogen) atoms. The SMILES string of the molecule is CN1CCC(N(C)C(=O)c2ccc(Nc3ncc(C(F)(F)F)c(C[C@@H]4CCC[C@@H]4C(=O)NCCC4CCCN4C)n3)cc2)CC1. The van der Waals surface area contributed by atoms with Crippen molar-refractivity contribution in [3.63, 3.8) is 0 Å². The van der Waals surface area contributed by atoms with E-state index in [0.717, 1.165) is 57.9 Å². The van der Waals surface area contributed by atoms with E-state index in [0.29, 0.717) is 36.7 Å². The molecule has 1 aliphatic carbocycles. The van der Waals surface area contributed by atoms with Gasteiger partial charge in [-0.2, -0.15) is 13.2 Å². The molecule has 1 aromatic carbocycles. The number of anilines is 2. The topological polar surface area (TPSA) is 93.7 Å². The Hall–Kier alpha value is -3.25. The fraction of sp³-hybridized carbons (Fsp3) is 0.636. The van der Waals surface area contributed by atoms with E-state index in [-0.39, 0.29) is 47.8 Å². The molecule has 2 aliphatic heterocycles. The average Bonchev–Trinajstić information content (AvgIpc) is 3.65. The van der Waals surface area contributed by atoms with Gasteiger partial charge in [0.25, 0.3) is 5.91 Å². The van der Waals surface area contributed by atoms with Crippen molar-refractivity contribution in [3.05, 3.63) is 47.3 Å². The number of nitrogens with one attached hydrogen (secondary N) is 2. The maximum Gasteiger partial charge on any atom is 0.419 e. The molecule has 9 nitrogen and oxygen atoms in total. The van der Waals surface area contributed by atoms with Crippen molar-refractivity contribution < 1.29 is 22.8 Å². The van der Waals surface area contributed by atoms with Crippen molar-refractivity contribution in [2.45, 2.75) is 76.0 Å². The van der Waals surface area contributed by atoms with Crippen LogP contribution in [0.1, 0.15) is 73.0 Å². The monoisotopic (exact) mass is 629 g/mol. The first kappa shape index (κ1) is 33.1. The number of hydrogen-bond acceptors (Lipinski definition) is 7. The van der Waals surface area contributed by atoms with E-state index >= 15 is 0 Å². The van der Waals surface area contributed by atoms with Gasteiger partial charge in [0.1, 0.15) is 0 Å². The summed E-state index contributed by atoms with van der Waals surface area (Å²) in [5, 5.41) is 6.05. The van der Waals surface area contributed by atoms with Crippen molar-refractivity contribution >= 4 is 23.5 Å². The molecule has 3 fully saturated rings. The molecule has 1 aromatic heterocycles. The second-order valence-corrected chi connectivity index (χ2v) is 13.1. The van der Waals surface area contributed by atoms with Gasteiger partial charge in [-0.15, -0.1) is 0 Å². The Morgan fingerprint density at radius 3 is 2.40 bits per heavy atom. The lowest BCUT2D eigenvalue weighted by Crippen LogP contribution is -2.44. The molecule has 0 bridgehead atoms. The number of alkyl halides is 3. The van der Waals surface area contributed by atoms with E-state index in [1.165, 1.54) is 6.42 Å². The van der Waals surface area contributed by atoms with E-state index in [1.807, 2.05) is 7.05 Å². The summed E-state index contributed by atoms with van der Waals surface area (Å²) < 4.78 is 42.0. The highest BCUT2D eigenvalue weighted by Gasteiger charge is 2.39. The summed E-state index contributed by atoms with van der Waals surface area (Å²) in [6, 6.07) is 7.47. The van der Waals surface area contributed by atoms with Gasteiger partial charge in [0.15, 0.2) is 0 Å². The van der Waals surface area contributed by atoms with Gasteiger partial charge in [-0.25, -0.2) is 9.97 Å². The molecule has 1 unspecified atom stereocenters. The van der Waals surface area contributed by atoms with Crippen LogP contribution in [0.2, 0.25) is 0 Å². The van der Waals surface area contributed by atoms with Gasteiger partial charge in [-0.3, -0.25) is 9.59 Å². The van der Waals surface area contributed by atoms with Crippen LogP contribution in [0.3, 0.4) is 0 Å².